The zero-order valence-corrected chi connectivity index (χ0v) is 11.8. The van der Waals surface area contributed by atoms with Gasteiger partial charge in [0.15, 0.2) is 0 Å². The summed E-state index contributed by atoms with van der Waals surface area (Å²) in [4.78, 5) is 16.3. The van der Waals surface area contributed by atoms with E-state index in [1.54, 1.807) is 18.3 Å². The Kier molecular flexibility index (Phi) is 3.61. The van der Waals surface area contributed by atoms with Crippen molar-refractivity contribution >= 4 is 11.6 Å². The number of nitrogens with zero attached hydrogens (tertiary/aromatic N) is 1. The maximum Gasteiger partial charge on any atom is 0.270 e. The molecule has 1 amide bonds. The second kappa shape index (κ2) is 5.40. The highest BCUT2D eigenvalue weighted by atomic mass is 16.1. The van der Waals surface area contributed by atoms with Crippen LogP contribution in [0, 0.1) is 17.8 Å². The van der Waals surface area contributed by atoms with E-state index in [0.29, 0.717) is 17.3 Å². The summed E-state index contributed by atoms with van der Waals surface area (Å²) in [6.45, 7) is 2.12. The van der Waals surface area contributed by atoms with E-state index in [0.717, 1.165) is 11.8 Å². The SMILES string of the molecule is CC(NC(=O)c1ccc(NN)cn1)C1CC2CCC1C2. The van der Waals surface area contributed by atoms with E-state index < -0.39 is 0 Å². The molecular formula is C15H22N4O. The molecule has 108 valence electrons. The lowest BCUT2D eigenvalue weighted by molar-refractivity contribution is 0.0910. The molecular weight excluding hydrogens is 252 g/mol. The average Bonchev–Trinajstić information content (AvgIpc) is 3.10. The fourth-order valence-electron chi connectivity index (χ4n) is 3.91. The van der Waals surface area contributed by atoms with Gasteiger partial charge in [-0.15, -0.1) is 0 Å². The van der Waals surface area contributed by atoms with Gasteiger partial charge in [-0.1, -0.05) is 6.42 Å². The Hall–Kier alpha value is -1.62. The number of pyridine rings is 1. The molecule has 5 nitrogen and oxygen atoms in total. The molecule has 3 rings (SSSR count). The van der Waals surface area contributed by atoms with E-state index in [9.17, 15) is 4.79 Å². The Morgan fingerprint density at radius 2 is 2.25 bits per heavy atom. The molecule has 2 bridgehead atoms. The third-order valence-corrected chi connectivity index (χ3v) is 4.96. The predicted octanol–water partition coefficient (Wildman–Crippen LogP) is 1.92. The summed E-state index contributed by atoms with van der Waals surface area (Å²) in [5.41, 5.74) is 3.64. The first-order chi connectivity index (χ1) is 9.67. The summed E-state index contributed by atoms with van der Waals surface area (Å²) in [5, 5.41) is 3.11. The topological polar surface area (TPSA) is 80.0 Å². The summed E-state index contributed by atoms with van der Waals surface area (Å²) < 4.78 is 0. The molecule has 1 aromatic rings. The van der Waals surface area contributed by atoms with Gasteiger partial charge in [0, 0.05) is 6.04 Å². The lowest BCUT2D eigenvalue weighted by Crippen LogP contribution is -2.40. The van der Waals surface area contributed by atoms with E-state index in [1.807, 2.05) is 0 Å². The maximum absolute atomic E-state index is 12.2. The van der Waals surface area contributed by atoms with Crippen molar-refractivity contribution in [1.29, 1.82) is 0 Å². The number of hydrogen-bond donors (Lipinski definition) is 3. The van der Waals surface area contributed by atoms with Crippen molar-refractivity contribution in [3.8, 4) is 0 Å². The first-order valence-corrected chi connectivity index (χ1v) is 7.41. The number of aromatic nitrogens is 1. The molecule has 4 N–H and O–H groups in total. The fraction of sp³-hybridized carbons (Fsp3) is 0.600. The van der Waals surface area contributed by atoms with Crippen molar-refractivity contribution in [2.45, 2.75) is 38.6 Å². The number of hydrogen-bond acceptors (Lipinski definition) is 4. The van der Waals surface area contributed by atoms with E-state index in [2.05, 4.69) is 22.7 Å². The molecule has 0 aromatic carbocycles. The molecule has 2 fully saturated rings. The number of carbonyl (C=O) groups is 1. The minimum atomic E-state index is -0.0937. The third kappa shape index (κ3) is 2.50. The van der Waals surface area contributed by atoms with Crippen LogP contribution in [0.25, 0.3) is 0 Å². The molecule has 0 aliphatic heterocycles. The number of nitrogens with one attached hydrogen (secondary N) is 2. The molecule has 2 saturated carbocycles. The van der Waals surface area contributed by atoms with Gasteiger partial charge >= 0.3 is 0 Å². The number of anilines is 1. The highest BCUT2D eigenvalue weighted by Crippen LogP contribution is 2.49. The van der Waals surface area contributed by atoms with Gasteiger partial charge in [0.2, 0.25) is 0 Å². The highest BCUT2D eigenvalue weighted by Gasteiger charge is 2.42. The molecule has 1 heterocycles. The van der Waals surface area contributed by atoms with Crippen molar-refractivity contribution in [1.82, 2.24) is 10.3 Å². The lowest BCUT2D eigenvalue weighted by Gasteiger charge is -2.28. The molecule has 4 unspecified atom stereocenters. The molecule has 0 radical (unpaired) electrons. The normalized spacial score (nSPS) is 29.2. The van der Waals surface area contributed by atoms with E-state index in [-0.39, 0.29) is 11.9 Å². The minimum absolute atomic E-state index is 0.0937. The molecule has 20 heavy (non-hydrogen) atoms. The molecule has 2 aliphatic carbocycles. The van der Waals surface area contributed by atoms with E-state index >= 15 is 0 Å². The third-order valence-electron chi connectivity index (χ3n) is 4.96. The Bertz CT molecular complexity index is 487. The van der Waals surface area contributed by atoms with Crippen LogP contribution in [0.3, 0.4) is 0 Å². The maximum atomic E-state index is 12.2. The largest absolute Gasteiger partial charge is 0.348 e. The summed E-state index contributed by atoms with van der Waals surface area (Å²) in [5.74, 6) is 7.54. The van der Waals surface area contributed by atoms with Gasteiger partial charge in [-0.05, 0) is 56.1 Å². The second-order valence-corrected chi connectivity index (χ2v) is 6.18. The number of nitrogens with two attached hydrogens (primary N) is 1. The van der Waals surface area contributed by atoms with Gasteiger partial charge in [0.1, 0.15) is 5.69 Å². The summed E-state index contributed by atoms with van der Waals surface area (Å²) in [6, 6.07) is 3.68. The van der Waals surface area contributed by atoms with Crippen LogP contribution in [0.5, 0.6) is 0 Å². The van der Waals surface area contributed by atoms with Gasteiger partial charge in [-0.25, -0.2) is 4.98 Å². The van der Waals surface area contributed by atoms with Gasteiger partial charge in [-0.3, -0.25) is 10.6 Å². The Labute approximate surface area is 119 Å². The zero-order chi connectivity index (χ0) is 14.1. The van der Waals surface area contributed by atoms with Crippen LogP contribution < -0.4 is 16.6 Å². The van der Waals surface area contributed by atoms with Crippen molar-refractivity contribution in [2.75, 3.05) is 5.43 Å². The van der Waals surface area contributed by atoms with Crippen LogP contribution in [0.1, 0.15) is 43.1 Å². The summed E-state index contributed by atoms with van der Waals surface area (Å²) in [7, 11) is 0. The van der Waals surface area contributed by atoms with Gasteiger partial charge in [-0.2, -0.15) is 0 Å². The Balaban J connectivity index is 1.60. The minimum Gasteiger partial charge on any atom is -0.348 e. The first-order valence-electron chi connectivity index (χ1n) is 7.41. The summed E-state index contributed by atoms with van der Waals surface area (Å²) >= 11 is 0. The zero-order valence-electron chi connectivity index (χ0n) is 11.8. The number of amides is 1. The molecule has 1 aromatic heterocycles. The molecule has 0 spiro atoms. The average molecular weight is 274 g/mol. The van der Waals surface area contributed by atoms with Crippen LogP contribution in [0.15, 0.2) is 18.3 Å². The fourth-order valence-corrected chi connectivity index (χ4v) is 3.91. The number of carbonyl (C=O) groups excluding carboxylic acids is 1. The van der Waals surface area contributed by atoms with Crippen molar-refractivity contribution in [2.24, 2.45) is 23.6 Å². The molecule has 4 atom stereocenters. The van der Waals surface area contributed by atoms with Crippen LogP contribution in [0.2, 0.25) is 0 Å². The Morgan fingerprint density at radius 1 is 1.40 bits per heavy atom. The van der Waals surface area contributed by atoms with E-state index in [1.165, 1.54) is 25.7 Å². The van der Waals surface area contributed by atoms with Gasteiger partial charge in [0.25, 0.3) is 5.91 Å². The van der Waals surface area contributed by atoms with Crippen LogP contribution in [-0.2, 0) is 0 Å². The van der Waals surface area contributed by atoms with Crippen molar-refractivity contribution in [3.63, 3.8) is 0 Å². The van der Waals surface area contributed by atoms with Crippen LogP contribution in [0.4, 0.5) is 5.69 Å². The smallest absolute Gasteiger partial charge is 0.270 e. The standard InChI is InChI=1S/C15H22N4O/c1-9(13-7-10-2-3-11(13)6-10)18-15(20)14-5-4-12(19-16)8-17-14/h4-5,8-11,13,19H,2-3,6-7,16H2,1H3,(H,18,20). The number of rotatable bonds is 4. The Morgan fingerprint density at radius 3 is 2.80 bits per heavy atom. The molecule has 2 aliphatic rings. The van der Waals surface area contributed by atoms with Gasteiger partial charge in [0.05, 0.1) is 11.9 Å². The first kappa shape index (κ1) is 13.4. The summed E-state index contributed by atoms with van der Waals surface area (Å²) in [6.07, 6.45) is 6.92. The van der Waals surface area contributed by atoms with Crippen LogP contribution in [-0.4, -0.2) is 16.9 Å². The number of nitrogen functional groups attached to an aromatic ring is 1. The molecule has 5 heteroatoms. The quantitative estimate of drug-likeness (QED) is 0.579. The van der Waals surface area contributed by atoms with Crippen LogP contribution >= 0.6 is 0 Å². The number of fused-ring (bicyclic) bond motifs is 2. The molecule has 0 saturated heterocycles. The predicted molar refractivity (Wildman–Crippen MR) is 77.9 cm³/mol. The van der Waals surface area contributed by atoms with Crippen molar-refractivity contribution < 1.29 is 4.79 Å². The monoisotopic (exact) mass is 274 g/mol. The highest BCUT2D eigenvalue weighted by molar-refractivity contribution is 5.92. The van der Waals surface area contributed by atoms with E-state index in [4.69, 9.17) is 5.84 Å². The number of hydrazine groups is 1. The lowest BCUT2D eigenvalue weighted by atomic mass is 9.84. The van der Waals surface area contributed by atoms with Crippen molar-refractivity contribution in [3.05, 3.63) is 24.0 Å². The van der Waals surface area contributed by atoms with Gasteiger partial charge < -0.3 is 10.7 Å². The second-order valence-electron chi connectivity index (χ2n) is 6.18.